The fraction of sp³-hybridized carbons (Fsp3) is 0.130. The number of hydrogen-bond donors (Lipinski definition) is 1. The Hall–Kier alpha value is -3.31. The van der Waals surface area contributed by atoms with Gasteiger partial charge in [0.05, 0.1) is 0 Å². The van der Waals surface area contributed by atoms with E-state index in [2.05, 4.69) is 10.3 Å². The lowest BCUT2D eigenvalue weighted by Crippen LogP contribution is -2.20. The van der Waals surface area contributed by atoms with Crippen molar-refractivity contribution in [2.45, 2.75) is 13.3 Å². The number of para-hydroxylation sites is 1. The summed E-state index contributed by atoms with van der Waals surface area (Å²) in [4.78, 5) is 16.6. The van der Waals surface area contributed by atoms with Gasteiger partial charge in [0.25, 0.3) is 5.91 Å². The Bertz CT molecular complexity index is 1150. The number of carbonyl (C=O) groups excluding carboxylic acids is 1. The highest BCUT2D eigenvalue weighted by Crippen LogP contribution is 2.22. The predicted octanol–water partition coefficient (Wildman–Crippen LogP) is 5.40. The number of halogens is 1. The molecule has 3 aromatic carbocycles. The number of oxazole rings is 1. The van der Waals surface area contributed by atoms with Gasteiger partial charge in [-0.3, -0.25) is 4.79 Å². The van der Waals surface area contributed by atoms with E-state index in [1.54, 1.807) is 12.1 Å². The Morgan fingerprint density at radius 2 is 1.90 bits per heavy atom. The zero-order chi connectivity index (χ0) is 20.2. The maximum atomic E-state index is 12.1. The fourth-order valence-corrected chi connectivity index (χ4v) is 3.13. The summed E-state index contributed by atoms with van der Waals surface area (Å²) in [6.07, 6.45) is 0.553. The molecule has 0 bridgehead atoms. The number of nitrogens with one attached hydrogen (secondary N) is 1. The van der Waals surface area contributed by atoms with E-state index < -0.39 is 0 Å². The first kappa shape index (κ1) is 19.0. The van der Waals surface area contributed by atoms with E-state index in [4.69, 9.17) is 20.8 Å². The minimum absolute atomic E-state index is 0.0436. The van der Waals surface area contributed by atoms with Crippen LogP contribution in [0.1, 0.15) is 17.0 Å². The standard InChI is InChI=1S/C23H19ClN2O3/c1-15-4-2-3-5-20(15)28-14-22(27)25-18-9-6-16(7-10-18)12-23-26-19-13-17(24)8-11-21(19)29-23/h2-11,13H,12,14H2,1H3,(H,25,27). The lowest BCUT2D eigenvalue weighted by molar-refractivity contribution is -0.118. The average molecular weight is 407 g/mol. The van der Waals surface area contributed by atoms with Gasteiger partial charge in [0, 0.05) is 17.1 Å². The second kappa shape index (κ2) is 8.37. The number of rotatable bonds is 6. The van der Waals surface area contributed by atoms with E-state index in [9.17, 15) is 4.79 Å². The first-order valence-corrected chi connectivity index (χ1v) is 9.57. The van der Waals surface area contributed by atoms with Crippen molar-refractivity contribution >= 4 is 34.3 Å². The molecule has 29 heavy (non-hydrogen) atoms. The fourth-order valence-electron chi connectivity index (χ4n) is 2.96. The molecule has 0 radical (unpaired) electrons. The molecule has 0 aliphatic carbocycles. The number of carbonyl (C=O) groups is 1. The van der Waals surface area contributed by atoms with Crippen LogP contribution in [0.3, 0.4) is 0 Å². The second-order valence-electron chi connectivity index (χ2n) is 6.70. The highest BCUT2D eigenvalue weighted by atomic mass is 35.5. The van der Waals surface area contributed by atoms with E-state index in [1.807, 2.05) is 61.5 Å². The topological polar surface area (TPSA) is 64.4 Å². The van der Waals surface area contributed by atoms with Crippen LogP contribution < -0.4 is 10.1 Å². The van der Waals surface area contributed by atoms with Crippen LogP contribution in [-0.4, -0.2) is 17.5 Å². The van der Waals surface area contributed by atoms with Crippen molar-refractivity contribution in [3.63, 3.8) is 0 Å². The monoisotopic (exact) mass is 406 g/mol. The molecular formula is C23H19ClN2O3. The summed E-state index contributed by atoms with van der Waals surface area (Å²) < 4.78 is 11.3. The third-order valence-electron chi connectivity index (χ3n) is 4.44. The molecule has 146 valence electrons. The van der Waals surface area contributed by atoms with E-state index in [0.29, 0.717) is 34.4 Å². The molecule has 5 nitrogen and oxygen atoms in total. The number of nitrogens with zero attached hydrogens (tertiary/aromatic N) is 1. The van der Waals surface area contributed by atoms with Crippen LogP contribution >= 0.6 is 11.6 Å². The summed E-state index contributed by atoms with van der Waals surface area (Å²) >= 11 is 5.99. The first-order valence-electron chi connectivity index (χ1n) is 9.19. The summed E-state index contributed by atoms with van der Waals surface area (Å²) in [6, 6.07) is 20.5. The minimum atomic E-state index is -0.211. The largest absolute Gasteiger partial charge is 0.483 e. The number of fused-ring (bicyclic) bond motifs is 1. The van der Waals surface area contributed by atoms with Crippen LogP contribution in [0.25, 0.3) is 11.1 Å². The minimum Gasteiger partial charge on any atom is -0.483 e. The maximum Gasteiger partial charge on any atom is 0.262 e. The second-order valence-corrected chi connectivity index (χ2v) is 7.13. The maximum absolute atomic E-state index is 12.1. The van der Waals surface area contributed by atoms with Crippen LogP contribution in [0.15, 0.2) is 71.1 Å². The lowest BCUT2D eigenvalue weighted by Gasteiger charge is -2.09. The molecule has 0 unspecified atom stereocenters. The normalized spacial score (nSPS) is 10.8. The van der Waals surface area contributed by atoms with Crippen molar-refractivity contribution in [2.75, 3.05) is 11.9 Å². The predicted molar refractivity (Wildman–Crippen MR) is 114 cm³/mol. The molecule has 0 atom stereocenters. The summed E-state index contributed by atoms with van der Waals surface area (Å²) in [6.45, 7) is 1.90. The van der Waals surface area contributed by atoms with Crippen LogP contribution in [0.4, 0.5) is 5.69 Å². The number of hydrogen-bond acceptors (Lipinski definition) is 4. The number of benzene rings is 3. The number of aryl methyl sites for hydroxylation is 1. The SMILES string of the molecule is Cc1ccccc1OCC(=O)Nc1ccc(Cc2nc3cc(Cl)ccc3o2)cc1. The van der Waals surface area contributed by atoms with Gasteiger partial charge in [-0.2, -0.15) is 0 Å². The highest BCUT2D eigenvalue weighted by molar-refractivity contribution is 6.31. The summed E-state index contributed by atoms with van der Waals surface area (Å²) in [5, 5.41) is 3.46. The molecular weight excluding hydrogens is 388 g/mol. The van der Waals surface area contributed by atoms with Crippen molar-refractivity contribution < 1.29 is 13.9 Å². The molecule has 0 aliphatic rings. The molecule has 0 saturated heterocycles. The Labute approximate surface area is 173 Å². The molecule has 0 saturated carbocycles. The van der Waals surface area contributed by atoms with E-state index in [0.717, 1.165) is 16.6 Å². The number of aromatic nitrogens is 1. The zero-order valence-corrected chi connectivity index (χ0v) is 16.6. The van der Waals surface area contributed by atoms with Crippen molar-refractivity contribution in [3.05, 3.63) is 88.8 Å². The quantitative estimate of drug-likeness (QED) is 0.465. The molecule has 1 N–H and O–H groups in total. The Kier molecular flexibility index (Phi) is 5.49. The van der Waals surface area contributed by atoms with E-state index in [1.165, 1.54) is 0 Å². The van der Waals surface area contributed by atoms with Crippen LogP contribution in [0, 0.1) is 6.92 Å². The van der Waals surface area contributed by atoms with Crippen LogP contribution in [-0.2, 0) is 11.2 Å². The Morgan fingerprint density at radius 1 is 1.10 bits per heavy atom. The number of ether oxygens (including phenoxy) is 1. The van der Waals surface area contributed by atoms with Gasteiger partial charge >= 0.3 is 0 Å². The van der Waals surface area contributed by atoms with Gasteiger partial charge in [-0.05, 0) is 54.4 Å². The molecule has 1 amide bonds. The molecule has 6 heteroatoms. The number of amides is 1. The molecule has 1 aromatic heterocycles. The summed E-state index contributed by atoms with van der Waals surface area (Å²) in [5.74, 6) is 1.11. The van der Waals surface area contributed by atoms with Crippen LogP contribution in [0.5, 0.6) is 5.75 Å². The van der Waals surface area contributed by atoms with Gasteiger partial charge in [0.1, 0.15) is 11.3 Å². The Morgan fingerprint density at radius 3 is 2.69 bits per heavy atom. The van der Waals surface area contributed by atoms with Gasteiger partial charge in [-0.1, -0.05) is 41.9 Å². The third-order valence-corrected chi connectivity index (χ3v) is 4.67. The van der Waals surface area contributed by atoms with E-state index in [-0.39, 0.29) is 12.5 Å². The number of anilines is 1. The third kappa shape index (κ3) is 4.76. The molecule has 0 fully saturated rings. The van der Waals surface area contributed by atoms with Crippen molar-refractivity contribution in [2.24, 2.45) is 0 Å². The van der Waals surface area contributed by atoms with Gasteiger partial charge in [0.2, 0.25) is 0 Å². The first-order chi connectivity index (χ1) is 14.1. The van der Waals surface area contributed by atoms with Gasteiger partial charge < -0.3 is 14.5 Å². The molecule has 4 aromatic rings. The van der Waals surface area contributed by atoms with Crippen LogP contribution in [0.2, 0.25) is 5.02 Å². The summed E-state index contributed by atoms with van der Waals surface area (Å²) in [7, 11) is 0. The van der Waals surface area contributed by atoms with Gasteiger partial charge in [-0.15, -0.1) is 0 Å². The lowest BCUT2D eigenvalue weighted by atomic mass is 10.1. The summed E-state index contributed by atoms with van der Waals surface area (Å²) in [5.41, 5.74) is 4.17. The molecule has 4 rings (SSSR count). The molecule has 0 aliphatic heterocycles. The van der Waals surface area contributed by atoms with Crippen molar-refractivity contribution in [3.8, 4) is 5.75 Å². The smallest absolute Gasteiger partial charge is 0.262 e. The van der Waals surface area contributed by atoms with Gasteiger partial charge in [0.15, 0.2) is 18.1 Å². The van der Waals surface area contributed by atoms with Gasteiger partial charge in [-0.25, -0.2) is 4.98 Å². The molecule has 0 spiro atoms. The Balaban J connectivity index is 1.34. The van der Waals surface area contributed by atoms with Crippen molar-refractivity contribution in [1.82, 2.24) is 4.98 Å². The average Bonchev–Trinajstić information content (AvgIpc) is 3.10. The zero-order valence-electron chi connectivity index (χ0n) is 15.8. The van der Waals surface area contributed by atoms with E-state index >= 15 is 0 Å². The highest BCUT2D eigenvalue weighted by Gasteiger charge is 2.09. The molecule has 1 heterocycles. The van der Waals surface area contributed by atoms with Crippen molar-refractivity contribution in [1.29, 1.82) is 0 Å².